The van der Waals surface area contributed by atoms with Crippen LogP contribution < -0.4 is 10.2 Å². The Balaban J connectivity index is 2.02. The average Bonchev–Trinajstić information content (AvgIpc) is 2.56. The van der Waals surface area contributed by atoms with Crippen LogP contribution in [-0.4, -0.2) is 65.0 Å². The molecule has 0 radical (unpaired) electrons. The minimum absolute atomic E-state index is 0.0822. The van der Waals surface area contributed by atoms with Crippen LogP contribution in [0.15, 0.2) is 30.3 Å². The van der Waals surface area contributed by atoms with Crippen LogP contribution in [0.4, 0.5) is 10.5 Å². The number of nitro groups is 1. The number of amides is 4. The first kappa shape index (κ1) is 16.0. The number of anilines is 1. The number of rotatable bonds is 3. The van der Waals surface area contributed by atoms with Crippen LogP contribution in [0, 0.1) is 10.1 Å². The summed E-state index contributed by atoms with van der Waals surface area (Å²) in [6.07, 6.45) is 0. The van der Waals surface area contributed by atoms with E-state index in [4.69, 9.17) is 0 Å². The smallest absolute Gasteiger partial charge is 0.314 e. The van der Waals surface area contributed by atoms with Crippen molar-refractivity contribution < 1.29 is 19.4 Å². The van der Waals surface area contributed by atoms with Gasteiger partial charge in [-0.2, -0.15) is 0 Å². The topological polar surface area (TPSA) is 116 Å². The number of hydrazine groups is 1. The van der Waals surface area contributed by atoms with E-state index in [0.717, 1.165) is 0 Å². The predicted octanol–water partition coefficient (Wildman–Crippen LogP) is -0.553. The highest BCUT2D eigenvalue weighted by molar-refractivity contribution is 6.29. The molecule has 2 fully saturated rings. The summed E-state index contributed by atoms with van der Waals surface area (Å²) in [7, 11) is 0. The van der Waals surface area contributed by atoms with E-state index in [-0.39, 0.29) is 10.7 Å². The van der Waals surface area contributed by atoms with Crippen LogP contribution in [0.3, 0.4) is 0 Å². The largest absolute Gasteiger partial charge is 0.398 e. The normalized spacial score (nSPS) is 22.8. The van der Waals surface area contributed by atoms with E-state index in [2.05, 4.69) is 5.32 Å². The van der Waals surface area contributed by atoms with Crippen LogP contribution >= 0.6 is 0 Å². The Morgan fingerprint density at radius 2 is 1.67 bits per heavy atom. The molecule has 126 valence electrons. The van der Waals surface area contributed by atoms with E-state index in [9.17, 15) is 24.5 Å². The molecule has 10 heteroatoms. The van der Waals surface area contributed by atoms with Gasteiger partial charge in [0.05, 0.1) is 5.69 Å². The number of hydrogen-bond acceptors (Lipinski definition) is 7. The van der Waals surface area contributed by atoms with Gasteiger partial charge in [-0.1, -0.05) is 18.2 Å². The van der Waals surface area contributed by atoms with Gasteiger partial charge in [-0.3, -0.25) is 14.5 Å². The molecule has 0 aliphatic carbocycles. The maximum atomic E-state index is 12.8. The zero-order chi connectivity index (χ0) is 17.3. The van der Waals surface area contributed by atoms with E-state index in [1.807, 2.05) is 0 Å². The van der Waals surface area contributed by atoms with Crippen LogP contribution in [0.25, 0.3) is 0 Å². The highest BCUT2D eigenvalue weighted by Crippen LogP contribution is 2.24. The molecule has 4 amide bonds. The number of barbiturate groups is 1. The first-order chi connectivity index (χ1) is 11.5. The highest BCUT2D eigenvalue weighted by atomic mass is 16.7. The van der Waals surface area contributed by atoms with Crippen molar-refractivity contribution in [3.8, 4) is 0 Å². The van der Waals surface area contributed by atoms with Gasteiger partial charge in [-0.05, 0) is 12.1 Å². The zero-order valence-electron chi connectivity index (χ0n) is 12.6. The molecule has 3 rings (SSSR count). The van der Waals surface area contributed by atoms with E-state index < -0.39 is 28.9 Å². The fraction of sp³-hybridized carbons (Fsp3) is 0.357. The quantitative estimate of drug-likeness (QED) is 0.448. The van der Waals surface area contributed by atoms with Gasteiger partial charge in [-0.25, -0.2) is 19.8 Å². The standard InChI is InChI=1S/C14H15N5O5/c20-12-11(16-8-6-15-7-9-16)13(21)18(19(23)24)14(22)17(12)10-4-2-1-3-5-10/h1-5,11,15H,6-9H2. The number of para-hydroxylation sites is 1. The molecular weight excluding hydrogens is 318 g/mol. The first-order valence-electron chi connectivity index (χ1n) is 7.38. The fourth-order valence-corrected chi connectivity index (χ4v) is 2.84. The first-order valence-corrected chi connectivity index (χ1v) is 7.38. The Bertz CT molecular complexity index is 688. The summed E-state index contributed by atoms with van der Waals surface area (Å²) in [6.45, 7) is 1.86. The monoisotopic (exact) mass is 333 g/mol. The van der Waals surface area contributed by atoms with E-state index in [0.29, 0.717) is 31.1 Å². The Labute approximate surface area is 136 Å². The van der Waals surface area contributed by atoms with Gasteiger partial charge in [-0.15, -0.1) is 0 Å². The van der Waals surface area contributed by atoms with Crippen molar-refractivity contribution in [2.45, 2.75) is 6.04 Å². The second kappa shape index (κ2) is 6.34. The fourth-order valence-electron chi connectivity index (χ4n) is 2.84. The summed E-state index contributed by atoms with van der Waals surface area (Å²) in [4.78, 5) is 51.0. The lowest BCUT2D eigenvalue weighted by Crippen LogP contribution is -2.69. The molecular formula is C14H15N5O5. The van der Waals surface area contributed by atoms with E-state index in [1.165, 1.54) is 12.1 Å². The summed E-state index contributed by atoms with van der Waals surface area (Å²) in [5, 5.41) is 13.1. The average molecular weight is 333 g/mol. The molecule has 2 aliphatic heterocycles. The molecule has 1 aromatic rings. The van der Waals surface area contributed by atoms with E-state index in [1.54, 1.807) is 23.1 Å². The van der Waals surface area contributed by atoms with Crippen molar-refractivity contribution in [2.24, 2.45) is 0 Å². The van der Waals surface area contributed by atoms with Crippen molar-refractivity contribution in [2.75, 3.05) is 31.1 Å². The van der Waals surface area contributed by atoms with Crippen molar-refractivity contribution >= 4 is 23.5 Å². The molecule has 0 bridgehead atoms. The van der Waals surface area contributed by atoms with Gasteiger partial charge in [0.1, 0.15) is 0 Å². The SMILES string of the molecule is O=C1C(N2CCNCC2)C(=O)N([N+](=O)[O-])C(=O)N1c1ccccc1. The Hall–Kier alpha value is -2.85. The van der Waals surface area contributed by atoms with Gasteiger partial charge >= 0.3 is 11.9 Å². The van der Waals surface area contributed by atoms with Gasteiger partial charge in [0.2, 0.25) is 0 Å². The molecule has 1 unspecified atom stereocenters. The third-order valence-electron chi connectivity index (χ3n) is 3.96. The molecule has 1 aromatic carbocycles. The minimum Gasteiger partial charge on any atom is -0.314 e. The zero-order valence-corrected chi connectivity index (χ0v) is 12.6. The van der Waals surface area contributed by atoms with Gasteiger partial charge in [0.25, 0.3) is 5.91 Å². The third-order valence-corrected chi connectivity index (χ3v) is 3.96. The molecule has 0 aromatic heterocycles. The molecule has 24 heavy (non-hydrogen) atoms. The summed E-state index contributed by atoms with van der Waals surface area (Å²) in [5.74, 6) is -1.89. The molecule has 0 spiro atoms. The van der Waals surface area contributed by atoms with Gasteiger partial charge in [0.15, 0.2) is 11.1 Å². The van der Waals surface area contributed by atoms with Crippen LogP contribution in [-0.2, 0) is 9.59 Å². The predicted molar refractivity (Wildman–Crippen MR) is 81.4 cm³/mol. The summed E-state index contributed by atoms with van der Waals surface area (Å²) in [6, 6.07) is 5.21. The number of piperazine rings is 1. The minimum atomic E-state index is -1.38. The molecule has 2 saturated heterocycles. The summed E-state index contributed by atoms with van der Waals surface area (Å²) in [5.41, 5.74) is 0.187. The number of carbonyl (C=O) groups is 3. The third kappa shape index (κ3) is 2.61. The Morgan fingerprint density at radius 1 is 1.04 bits per heavy atom. The van der Waals surface area contributed by atoms with Crippen molar-refractivity contribution in [1.29, 1.82) is 0 Å². The van der Waals surface area contributed by atoms with Crippen molar-refractivity contribution in [1.82, 2.24) is 15.2 Å². The van der Waals surface area contributed by atoms with Crippen molar-refractivity contribution in [3.63, 3.8) is 0 Å². The van der Waals surface area contributed by atoms with Crippen LogP contribution in [0.1, 0.15) is 0 Å². The Morgan fingerprint density at radius 3 is 2.25 bits per heavy atom. The van der Waals surface area contributed by atoms with Gasteiger partial charge < -0.3 is 5.32 Å². The lowest BCUT2D eigenvalue weighted by Gasteiger charge is -2.38. The second-order valence-electron chi connectivity index (χ2n) is 5.37. The molecule has 10 nitrogen and oxygen atoms in total. The molecule has 2 aliphatic rings. The van der Waals surface area contributed by atoms with Gasteiger partial charge in [0, 0.05) is 31.2 Å². The number of hydrogen-bond donors (Lipinski definition) is 1. The number of nitrogens with one attached hydrogen (secondary N) is 1. The second-order valence-corrected chi connectivity index (χ2v) is 5.37. The number of urea groups is 1. The number of benzene rings is 1. The highest BCUT2D eigenvalue weighted by Gasteiger charge is 2.54. The lowest BCUT2D eigenvalue weighted by atomic mass is 10.1. The van der Waals surface area contributed by atoms with Crippen LogP contribution in [0.2, 0.25) is 0 Å². The molecule has 1 N–H and O–H groups in total. The Kier molecular flexibility index (Phi) is 4.23. The van der Waals surface area contributed by atoms with E-state index >= 15 is 0 Å². The molecule has 1 atom stereocenters. The maximum Gasteiger partial charge on any atom is 0.398 e. The number of carbonyl (C=O) groups excluding carboxylic acids is 3. The number of nitrogens with zero attached hydrogens (tertiary/aromatic N) is 4. The molecule has 2 heterocycles. The summed E-state index contributed by atoms with van der Waals surface area (Å²) >= 11 is 0. The van der Waals surface area contributed by atoms with Crippen LogP contribution in [0.5, 0.6) is 0 Å². The summed E-state index contributed by atoms with van der Waals surface area (Å²) < 4.78 is 0. The lowest BCUT2D eigenvalue weighted by molar-refractivity contribution is -0.612. The maximum absolute atomic E-state index is 12.8. The molecule has 0 saturated carbocycles. The van der Waals surface area contributed by atoms with Crippen molar-refractivity contribution in [3.05, 3.63) is 40.4 Å². The number of imide groups is 2.